The van der Waals surface area contributed by atoms with Crippen molar-refractivity contribution in [2.24, 2.45) is 0 Å². The molecule has 0 N–H and O–H groups in total. The predicted octanol–water partition coefficient (Wildman–Crippen LogP) is 14.5. The molecule has 0 fully saturated rings. The lowest BCUT2D eigenvalue weighted by atomic mass is 9.91. The normalized spacial score (nSPS) is 11.4. The maximum Gasteiger partial charge on any atom is 0.123 e. The molecule has 55 heavy (non-hydrogen) atoms. The highest BCUT2D eigenvalue weighted by Gasteiger charge is 2.22. The fraction of sp³-hybridized carbons (Fsp3) is 0. The van der Waals surface area contributed by atoms with Gasteiger partial charge in [0.2, 0.25) is 0 Å². The molecule has 3 heteroatoms. The van der Waals surface area contributed by atoms with Crippen molar-refractivity contribution in [1.29, 1.82) is 0 Å². The first kappa shape index (κ1) is 32.4. The number of para-hydroxylation sites is 2. The predicted molar refractivity (Wildman–Crippen MR) is 229 cm³/mol. The van der Waals surface area contributed by atoms with Crippen molar-refractivity contribution in [1.82, 2.24) is 4.57 Å². The Morgan fingerprint density at radius 3 is 1.78 bits per heavy atom. The number of aromatic nitrogens is 1. The van der Waals surface area contributed by atoms with Crippen LogP contribution >= 0.6 is 0 Å². The highest BCUT2D eigenvalue weighted by Crippen LogP contribution is 2.45. The lowest BCUT2D eigenvalue weighted by molar-refractivity contribution is 0.628. The Balaban J connectivity index is 1.18. The summed E-state index contributed by atoms with van der Waals surface area (Å²) in [6, 6.07) is 73.7. The molecule has 1 heterocycles. The summed E-state index contributed by atoms with van der Waals surface area (Å²) in [4.78, 5) is 2.39. The van der Waals surface area contributed by atoms with E-state index in [-0.39, 0.29) is 5.82 Å². The van der Waals surface area contributed by atoms with Crippen LogP contribution in [0.2, 0.25) is 0 Å². The third-order valence-corrected chi connectivity index (χ3v) is 10.6. The quantitative estimate of drug-likeness (QED) is 0.160. The van der Waals surface area contributed by atoms with E-state index < -0.39 is 0 Å². The molecular formula is C52H35FN2. The molecule has 10 rings (SSSR count). The van der Waals surface area contributed by atoms with Gasteiger partial charge in [0, 0.05) is 27.8 Å². The van der Waals surface area contributed by atoms with Crippen LogP contribution in [0.4, 0.5) is 21.5 Å². The maximum atomic E-state index is 14.5. The van der Waals surface area contributed by atoms with Gasteiger partial charge < -0.3 is 9.47 Å². The second-order valence-electron chi connectivity index (χ2n) is 13.9. The minimum absolute atomic E-state index is 0.241. The number of hydrogen-bond donors (Lipinski definition) is 0. The van der Waals surface area contributed by atoms with Crippen molar-refractivity contribution in [2.75, 3.05) is 4.90 Å². The lowest BCUT2D eigenvalue weighted by Crippen LogP contribution is -2.10. The van der Waals surface area contributed by atoms with Gasteiger partial charge >= 0.3 is 0 Å². The van der Waals surface area contributed by atoms with E-state index in [1.807, 2.05) is 12.1 Å². The number of halogens is 1. The van der Waals surface area contributed by atoms with Crippen LogP contribution in [0.3, 0.4) is 0 Å². The van der Waals surface area contributed by atoms with Gasteiger partial charge in [-0.05, 0) is 111 Å². The second-order valence-corrected chi connectivity index (χ2v) is 13.9. The molecule has 260 valence electrons. The third-order valence-electron chi connectivity index (χ3n) is 10.6. The van der Waals surface area contributed by atoms with Crippen molar-refractivity contribution >= 4 is 49.6 Å². The fourth-order valence-corrected chi connectivity index (χ4v) is 8.19. The Kier molecular flexibility index (Phi) is 8.04. The van der Waals surface area contributed by atoms with E-state index in [2.05, 4.69) is 191 Å². The Hall–Kier alpha value is -7.23. The number of anilines is 3. The van der Waals surface area contributed by atoms with Crippen LogP contribution < -0.4 is 4.90 Å². The smallest absolute Gasteiger partial charge is 0.123 e. The second kappa shape index (κ2) is 13.6. The highest BCUT2D eigenvalue weighted by molar-refractivity contribution is 6.16. The number of fused-ring (bicyclic) bond motifs is 4. The summed E-state index contributed by atoms with van der Waals surface area (Å²) in [7, 11) is 0. The molecule has 1 aromatic heterocycles. The summed E-state index contributed by atoms with van der Waals surface area (Å²) in [5.41, 5.74) is 13.0. The molecule has 0 saturated heterocycles. The standard InChI is InChI=1S/C52H35FN2/c53-41-20-9-19-40(34-41)46-26-12-17-38-16-11-25-45(51(38)46)37-30-32-43(33-31-37)54(44-23-10-18-39(35-44)36-14-3-1-4-15-36)49-28-13-29-50-52(49)47-24-7-8-27-48(47)55(50)42-21-5-2-6-22-42/h1-35H. The van der Waals surface area contributed by atoms with Crippen LogP contribution in [0.25, 0.3) is 71.6 Å². The minimum Gasteiger partial charge on any atom is -0.310 e. The molecule has 0 aliphatic heterocycles. The number of hydrogen-bond acceptors (Lipinski definition) is 1. The first-order valence-corrected chi connectivity index (χ1v) is 18.6. The first-order chi connectivity index (χ1) is 27.2. The third kappa shape index (κ3) is 5.74. The highest BCUT2D eigenvalue weighted by atomic mass is 19.1. The van der Waals surface area contributed by atoms with Gasteiger partial charge in [-0.2, -0.15) is 0 Å². The summed E-state index contributed by atoms with van der Waals surface area (Å²) >= 11 is 0. The van der Waals surface area contributed by atoms with Crippen LogP contribution in [0, 0.1) is 5.82 Å². The van der Waals surface area contributed by atoms with E-state index in [0.717, 1.165) is 72.4 Å². The molecule has 10 aromatic rings. The first-order valence-electron chi connectivity index (χ1n) is 18.6. The Labute approximate surface area is 319 Å². The van der Waals surface area contributed by atoms with Gasteiger partial charge in [0.15, 0.2) is 0 Å². The molecule has 0 bridgehead atoms. The SMILES string of the molecule is Fc1cccc(-c2cccc3cccc(-c4ccc(N(c5cccc(-c6ccccc6)c5)c5cccc6c5c5ccccc5n6-c5ccccc5)cc4)c23)c1. The monoisotopic (exact) mass is 706 g/mol. The Morgan fingerprint density at radius 2 is 1.00 bits per heavy atom. The average molecular weight is 707 g/mol. The van der Waals surface area contributed by atoms with E-state index in [1.165, 1.54) is 22.4 Å². The van der Waals surface area contributed by atoms with Gasteiger partial charge in [0.05, 0.1) is 16.7 Å². The molecule has 9 aromatic carbocycles. The van der Waals surface area contributed by atoms with Gasteiger partial charge in [0.1, 0.15) is 5.82 Å². The van der Waals surface area contributed by atoms with E-state index in [1.54, 1.807) is 12.1 Å². The van der Waals surface area contributed by atoms with E-state index in [4.69, 9.17) is 0 Å². The van der Waals surface area contributed by atoms with Gasteiger partial charge in [-0.25, -0.2) is 4.39 Å². The van der Waals surface area contributed by atoms with Crippen LogP contribution in [-0.2, 0) is 0 Å². The van der Waals surface area contributed by atoms with Crippen molar-refractivity contribution in [3.05, 3.63) is 218 Å². The van der Waals surface area contributed by atoms with Gasteiger partial charge in [-0.3, -0.25) is 0 Å². The van der Waals surface area contributed by atoms with Crippen LogP contribution in [0.15, 0.2) is 212 Å². The average Bonchev–Trinajstić information content (AvgIpc) is 3.59. The molecule has 2 nitrogen and oxygen atoms in total. The summed E-state index contributed by atoms with van der Waals surface area (Å²) in [6.45, 7) is 0. The van der Waals surface area contributed by atoms with E-state index in [0.29, 0.717) is 0 Å². The van der Waals surface area contributed by atoms with Crippen molar-refractivity contribution < 1.29 is 4.39 Å². The fourth-order valence-electron chi connectivity index (χ4n) is 8.19. The molecule has 0 aliphatic rings. The van der Waals surface area contributed by atoms with Gasteiger partial charge in [0.25, 0.3) is 0 Å². The molecule has 0 saturated carbocycles. The molecule has 0 amide bonds. The molecule has 0 aliphatic carbocycles. The zero-order valence-corrected chi connectivity index (χ0v) is 30.0. The Morgan fingerprint density at radius 1 is 0.382 bits per heavy atom. The summed E-state index contributed by atoms with van der Waals surface area (Å²) < 4.78 is 16.8. The molecule has 0 spiro atoms. The van der Waals surface area contributed by atoms with Crippen molar-refractivity contribution in [3.8, 4) is 39.1 Å². The minimum atomic E-state index is -0.241. The summed E-state index contributed by atoms with van der Waals surface area (Å²) in [6.07, 6.45) is 0. The lowest BCUT2D eigenvalue weighted by Gasteiger charge is -2.27. The topological polar surface area (TPSA) is 8.17 Å². The van der Waals surface area contributed by atoms with Gasteiger partial charge in [-0.15, -0.1) is 0 Å². The van der Waals surface area contributed by atoms with Crippen molar-refractivity contribution in [3.63, 3.8) is 0 Å². The number of rotatable bonds is 7. The molecule has 0 radical (unpaired) electrons. The van der Waals surface area contributed by atoms with Crippen molar-refractivity contribution in [2.45, 2.75) is 0 Å². The van der Waals surface area contributed by atoms with Crippen LogP contribution in [0.5, 0.6) is 0 Å². The Bertz CT molecular complexity index is 2980. The van der Waals surface area contributed by atoms with Crippen LogP contribution in [-0.4, -0.2) is 4.57 Å². The largest absolute Gasteiger partial charge is 0.310 e. The summed E-state index contributed by atoms with van der Waals surface area (Å²) in [5.74, 6) is -0.241. The van der Waals surface area contributed by atoms with E-state index in [9.17, 15) is 4.39 Å². The molecule has 0 unspecified atom stereocenters. The van der Waals surface area contributed by atoms with Crippen LogP contribution in [0.1, 0.15) is 0 Å². The molecule has 0 atom stereocenters. The molecular weight excluding hydrogens is 672 g/mol. The zero-order chi connectivity index (χ0) is 36.7. The summed E-state index contributed by atoms with van der Waals surface area (Å²) in [5, 5.41) is 4.60. The number of nitrogens with zero attached hydrogens (tertiary/aromatic N) is 2. The maximum absolute atomic E-state index is 14.5. The van der Waals surface area contributed by atoms with Gasteiger partial charge in [-0.1, -0.05) is 146 Å². The van der Waals surface area contributed by atoms with E-state index >= 15 is 0 Å². The number of benzene rings is 9. The zero-order valence-electron chi connectivity index (χ0n) is 30.0.